The third-order valence-corrected chi connectivity index (χ3v) is 3.99. The highest BCUT2D eigenvalue weighted by Crippen LogP contribution is 2.28. The molecule has 0 atom stereocenters. The molecule has 0 saturated heterocycles. The summed E-state index contributed by atoms with van der Waals surface area (Å²) in [5.74, 6) is -0.173. The van der Waals surface area contributed by atoms with Crippen LogP contribution in [0.15, 0.2) is 24.8 Å². The van der Waals surface area contributed by atoms with Crippen molar-refractivity contribution in [3.8, 4) is 0 Å². The fourth-order valence-electron chi connectivity index (χ4n) is 2.85. The number of halogens is 1. The molecule has 2 aromatic rings. The molecule has 116 valence electrons. The Morgan fingerprint density at radius 3 is 2.91 bits per heavy atom. The molecule has 0 aliphatic heterocycles. The number of nitrogens with zero attached hydrogens (tertiary/aromatic N) is 4. The van der Waals surface area contributed by atoms with Gasteiger partial charge in [0, 0.05) is 12.2 Å². The highest BCUT2D eigenvalue weighted by Gasteiger charge is 2.19. The van der Waals surface area contributed by atoms with E-state index in [2.05, 4.69) is 20.5 Å². The number of pyridine rings is 1. The lowest BCUT2D eigenvalue weighted by molar-refractivity contribution is 0.0948. The van der Waals surface area contributed by atoms with Crippen LogP contribution in [0.4, 0.5) is 4.39 Å². The molecular formula is C15H18FN5O. The van der Waals surface area contributed by atoms with Crippen LogP contribution in [0.1, 0.15) is 54.3 Å². The van der Waals surface area contributed by atoms with Crippen molar-refractivity contribution in [2.75, 3.05) is 0 Å². The number of amides is 1. The third kappa shape index (κ3) is 3.29. The summed E-state index contributed by atoms with van der Waals surface area (Å²) < 4.78 is 15.1. The number of rotatable bonds is 4. The van der Waals surface area contributed by atoms with Crippen molar-refractivity contribution in [3.63, 3.8) is 0 Å². The highest BCUT2D eigenvalue weighted by molar-refractivity contribution is 5.93. The van der Waals surface area contributed by atoms with Crippen LogP contribution in [-0.2, 0) is 6.54 Å². The Bertz CT molecular complexity index is 651. The predicted octanol–water partition coefficient (Wildman–Crippen LogP) is 2.25. The molecule has 1 aliphatic rings. The standard InChI is InChI=1S/C15H18FN5O/c16-12-6-11(7-17-8-12)15(22)18-9-14-20-19-10-21(14)13-4-2-1-3-5-13/h6-8,10,13H,1-5,9H2,(H,18,22). The zero-order valence-corrected chi connectivity index (χ0v) is 12.2. The minimum atomic E-state index is -0.530. The average Bonchev–Trinajstić information content (AvgIpc) is 3.02. The smallest absolute Gasteiger partial charge is 0.253 e. The Labute approximate surface area is 127 Å². The van der Waals surface area contributed by atoms with Gasteiger partial charge in [0.15, 0.2) is 5.82 Å². The summed E-state index contributed by atoms with van der Waals surface area (Å²) in [6.07, 6.45) is 10.1. The molecule has 6 nitrogen and oxygen atoms in total. The molecule has 7 heteroatoms. The lowest BCUT2D eigenvalue weighted by atomic mass is 9.95. The monoisotopic (exact) mass is 303 g/mol. The molecular weight excluding hydrogens is 285 g/mol. The Morgan fingerprint density at radius 1 is 1.32 bits per heavy atom. The van der Waals surface area contributed by atoms with E-state index in [4.69, 9.17) is 0 Å². The second-order valence-electron chi connectivity index (χ2n) is 5.52. The van der Waals surface area contributed by atoms with Crippen LogP contribution in [0, 0.1) is 5.82 Å². The summed E-state index contributed by atoms with van der Waals surface area (Å²) >= 11 is 0. The van der Waals surface area contributed by atoms with Crippen LogP contribution < -0.4 is 5.32 Å². The lowest BCUT2D eigenvalue weighted by Crippen LogP contribution is -2.26. The van der Waals surface area contributed by atoms with Crippen molar-refractivity contribution in [3.05, 3.63) is 42.0 Å². The number of nitrogens with one attached hydrogen (secondary N) is 1. The van der Waals surface area contributed by atoms with Crippen molar-refractivity contribution in [2.24, 2.45) is 0 Å². The fraction of sp³-hybridized carbons (Fsp3) is 0.467. The van der Waals surface area contributed by atoms with Gasteiger partial charge in [0.05, 0.1) is 18.3 Å². The zero-order chi connectivity index (χ0) is 15.4. The minimum Gasteiger partial charge on any atom is -0.345 e. The largest absolute Gasteiger partial charge is 0.345 e. The maximum atomic E-state index is 13.1. The van der Waals surface area contributed by atoms with E-state index in [0.717, 1.165) is 30.9 Å². The SMILES string of the molecule is O=C(NCc1nncn1C1CCCCC1)c1cncc(F)c1. The normalized spacial score (nSPS) is 15.7. The first-order valence-corrected chi connectivity index (χ1v) is 7.51. The van der Waals surface area contributed by atoms with E-state index in [1.54, 1.807) is 6.33 Å². The predicted molar refractivity (Wildman–Crippen MR) is 77.5 cm³/mol. The average molecular weight is 303 g/mol. The molecule has 1 fully saturated rings. The number of carbonyl (C=O) groups is 1. The van der Waals surface area contributed by atoms with Crippen LogP contribution in [0.5, 0.6) is 0 Å². The van der Waals surface area contributed by atoms with Gasteiger partial charge in [-0.25, -0.2) is 4.39 Å². The fourth-order valence-corrected chi connectivity index (χ4v) is 2.85. The molecule has 22 heavy (non-hydrogen) atoms. The van der Waals surface area contributed by atoms with E-state index in [0.29, 0.717) is 6.04 Å². The van der Waals surface area contributed by atoms with Crippen molar-refractivity contribution in [1.29, 1.82) is 0 Å². The second kappa shape index (κ2) is 6.64. The Morgan fingerprint density at radius 2 is 2.14 bits per heavy atom. The molecule has 0 unspecified atom stereocenters. The first-order chi connectivity index (χ1) is 10.7. The molecule has 0 radical (unpaired) electrons. The molecule has 2 heterocycles. The van der Waals surface area contributed by atoms with Crippen LogP contribution in [-0.4, -0.2) is 25.7 Å². The number of hydrogen-bond donors (Lipinski definition) is 1. The summed E-state index contributed by atoms with van der Waals surface area (Å²) in [6.45, 7) is 0.270. The molecule has 1 saturated carbocycles. The van der Waals surface area contributed by atoms with Gasteiger partial charge in [-0.05, 0) is 18.9 Å². The third-order valence-electron chi connectivity index (χ3n) is 3.99. The van der Waals surface area contributed by atoms with Crippen molar-refractivity contribution in [2.45, 2.75) is 44.7 Å². The van der Waals surface area contributed by atoms with E-state index < -0.39 is 5.82 Å². The van der Waals surface area contributed by atoms with Gasteiger partial charge in [0.1, 0.15) is 12.1 Å². The quantitative estimate of drug-likeness (QED) is 0.940. The molecule has 1 N–H and O–H groups in total. The Hall–Kier alpha value is -2.31. The van der Waals surface area contributed by atoms with Gasteiger partial charge in [-0.2, -0.15) is 0 Å². The maximum Gasteiger partial charge on any atom is 0.253 e. The summed E-state index contributed by atoms with van der Waals surface area (Å²) in [6, 6.07) is 1.57. The Kier molecular flexibility index (Phi) is 4.41. The molecule has 0 spiro atoms. The summed E-state index contributed by atoms with van der Waals surface area (Å²) in [5, 5.41) is 10.8. The van der Waals surface area contributed by atoms with Crippen molar-refractivity contribution >= 4 is 5.91 Å². The molecule has 0 bridgehead atoms. The number of hydrogen-bond acceptors (Lipinski definition) is 4. The number of carbonyl (C=O) groups excluding carboxylic acids is 1. The highest BCUT2D eigenvalue weighted by atomic mass is 19.1. The molecule has 1 aliphatic carbocycles. The lowest BCUT2D eigenvalue weighted by Gasteiger charge is -2.24. The van der Waals surface area contributed by atoms with Gasteiger partial charge in [-0.15, -0.1) is 10.2 Å². The minimum absolute atomic E-state index is 0.198. The molecule has 3 rings (SSSR count). The van der Waals surface area contributed by atoms with E-state index in [1.807, 2.05) is 4.57 Å². The van der Waals surface area contributed by atoms with Crippen molar-refractivity contribution < 1.29 is 9.18 Å². The summed E-state index contributed by atoms with van der Waals surface area (Å²) in [7, 11) is 0. The number of aromatic nitrogens is 4. The van der Waals surface area contributed by atoms with E-state index in [1.165, 1.54) is 25.5 Å². The molecule has 1 amide bonds. The molecule has 2 aromatic heterocycles. The summed E-state index contributed by atoms with van der Waals surface area (Å²) in [5.41, 5.74) is 0.198. The topological polar surface area (TPSA) is 72.7 Å². The second-order valence-corrected chi connectivity index (χ2v) is 5.52. The van der Waals surface area contributed by atoms with E-state index in [-0.39, 0.29) is 18.0 Å². The Balaban J connectivity index is 1.64. The van der Waals surface area contributed by atoms with Gasteiger partial charge in [0.2, 0.25) is 0 Å². The van der Waals surface area contributed by atoms with Crippen LogP contribution in [0.3, 0.4) is 0 Å². The van der Waals surface area contributed by atoms with Crippen LogP contribution in [0.25, 0.3) is 0 Å². The van der Waals surface area contributed by atoms with Gasteiger partial charge in [-0.1, -0.05) is 19.3 Å². The van der Waals surface area contributed by atoms with Crippen molar-refractivity contribution in [1.82, 2.24) is 25.1 Å². The van der Waals surface area contributed by atoms with E-state index in [9.17, 15) is 9.18 Å². The van der Waals surface area contributed by atoms with Gasteiger partial charge < -0.3 is 9.88 Å². The van der Waals surface area contributed by atoms with Crippen LogP contribution >= 0.6 is 0 Å². The first-order valence-electron chi connectivity index (χ1n) is 7.51. The first kappa shape index (κ1) is 14.6. The van der Waals surface area contributed by atoms with Gasteiger partial charge in [0.25, 0.3) is 5.91 Å². The van der Waals surface area contributed by atoms with Gasteiger partial charge in [-0.3, -0.25) is 9.78 Å². The summed E-state index contributed by atoms with van der Waals surface area (Å²) in [4.78, 5) is 15.7. The maximum absolute atomic E-state index is 13.1. The zero-order valence-electron chi connectivity index (χ0n) is 12.2. The molecule has 0 aromatic carbocycles. The van der Waals surface area contributed by atoms with Crippen LogP contribution in [0.2, 0.25) is 0 Å². The van der Waals surface area contributed by atoms with E-state index >= 15 is 0 Å². The van der Waals surface area contributed by atoms with Gasteiger partial charge >= 0.3 is 0 Å².